The standard InChI is InChI=1S/C20H21N3O3/c1-22(2)11-5-3-10(4-6-11)18(24)21-23-19(25)16-12-7-8-13(15-9-14(12)15)17(16)20(23)26/h3-8,12-17H,9H2,1-2H3,(H,21,24)/t12-,13+,14+,15-,16-,17+. The summed E-state index contributed by atoms with van der Waals surface area (Å²) in [6.45, 7) is 0. The second-order valence-electron chi connectivity index (χ2n) is 8.05. The van der Waals surface area contributed by atoms with E-state index in [-0.39, 0.29) is 35.5 Å². The molecule has 6 atom stereocenters. The number of benzene rings is 1. The van der Waals surface area contributed by atoms with Gasteiger partial charge in [0, 0.05) is 25.3 Å². The number of rotatable bonds is 3. The van der Waals surface area contributed by atoms with Crippen molar-refractivity contribution < 1.29 is 14.4 Å². The lowest BCUT2D eigenvalue weighted by Gasteiger charge is -2.37. The summed E-state index contributed by atoms with van der Waals surface area (Å²) in [5.41, 5.74) is 3.95. The summed E-state index contributed by atoms with van der Waals surface area (Å²) in [5, 5.41) is 0.981. The van der Waals surface area contributed by atoms with Crippen LogP contribution in [0.2, 0.25) is 0 Å². The molecule has 3 fully saturated rings. The van der Waals surface area contributed by atoms with Crippen LogP contribution in [0.4, 0.5) is 5.69 Å². The van der Waals surface area contributed by atoms with Crippen molar-refractivity contribution in [2.75, 3.05) is 19.0 Å². The molecule has 6 rings (SSSR count). The average molecular weight is 351 g/mol. The zero-order valence-corrected chi connectivity index (χ0v) is 14.8. The van der Waals surface area contributed by atoms with Gasteiger partial charge in [-0.15, -0.1) is 0 Å². The molecule has 1 aliphatic heterocycles. The molecule has 0 spiro atoms. The highest BCUT2D eigenvalue weighted by Crippen LogP contribution is 2.65. The van der Waals surface area contributed by atoms with Gasteiger partial charge in [0.15, 0.2) is 0 Å². The van der Waals surface area contributed by atoms with Gasteiger partial charge in [0.25, 0.3) is 17.7 Å². The molecule has 2 bridgehead atoms. The lowest BCUT2D eigenvalue weighted by atomic mass is 9.63. The smallest absolute Gasteiger partial charge is 0.270 e. The lowest BCUT2D eigenvalue weighted by Crippen LogP contribution is -2.46. The topological polar surface area (TPSA) is 69.7 Å². The maximum atomic E-state index is 12.9. The summed E-state index contributed by atoms with van der Waals surface area (Å²) < 4.78 is 0. The quantitative estimate of drug-likeness (QED) is 0.661. The van der Waals surface area contributed by atoms with Gasteiger partial charge >= 0.3 is 0 Å². The lowest BCUT2D eigenvalue weighted by molar-refractivity contribution is -0.143. The fourth-order valence-corrected chi connectivity index (χ4v) is 5.14. The van der Waals surface area contributed by atoms with E-state index in [1.54, 1.807) is 12.1 Å². The number of anilines is 1. The highest BCUT2D eigenvalue weighted by atomic mass is 16.2. The molecule has 6 heteroatoms. The molecule has 1 heterocycles. The van der Waals surface area contributed by atoms with Crippen molar-refractivity contribution in [3.8, 4) is 0 Å². The van der Waals surface area contributed by atoms with Crippen LogP contribution in [-0.4, -0.2) is 36.8 Å². The largest absolute Gasteiger partial charge is 0.378 e. The van der Waals surface area contributed by atoms with Gasteiger partial charge in [-0.1, -0.05) is 12.2 Å². The second-order valence-corrected chi connectivity index (χ2v) is 8.05. The monoisotopic (exact) mass is 351 g/mol. The van der Waals surface area contributed by atoms with Crippen LogP contribution in [0, 0.1) is 35.5 Å². The van der Waals surface area contributed by atoms with E-state index in [2.05, 4.69) is 17.6 Å². The van der Waals surface area contributed by atoms with Crippen molar-refractivity contribution in [1.82, 2.24) is 10.4 Å². The number of nitrogens with zero attached hydrogens (tertiary/aromatic N) is 2. The van der Waals surface area contributed by atoms with E-state index in [0.29, 0.717) is 17.4 Å². The first-order valence-corrected chi connectivity index (χ1v) is 9.12. The molecule has 0 unspecified atom stereocenters. The first-order valence-electron chi connectivity index (χ1n) is 9.12. The predicted molar refractivity (Wildman–Crippen MR) is 94.8 cm³/mol. The molecule has 3 amide bonds. The first-order chi connectivity index (χ1) is 12.5. The number of hydrogen-bond donors (Lipinski definition) is 1. The SMILES string of the molecule is CN(C)c1ccc(C(=O)NN2C(=O)[C@@H]3[C@@H]4C=C[C@@H]([C@H]5C[C@@H]45)[C@@H]3C2=O)cc1. The number of hydrogen-bond acceptors (Lipinski definition) is 4. The number of nitrogens with one attached hydrogen (secondary N) is 1. The minimum absolute atomic E-state index is 0.160. The summed E-state index contributed by atoms with van der Waals surface area (Å²) in [6.07, 6.45) is 5.37. The van der Waals surface area contributed by atoms with Crippen molar-refractivity contribution in [3.63, 3.8) is 0 Å². The van der Waals surface area contributed by atoms with E-state index < -0.39 is 5.91 Å². The van der Waals surface area contributed by atoms with Gasteiger partial charge in [-0.25, -0.2) is 0 Å². The predicted octanol–water partition coefficient (Wildman–Crippen LogP) is 1.45. The highest BCUT2D eigenvalue weighted by molar-refractivity contribution is 6.08. The third-order valence-corrected chi connectivity index (χ3v) is 6.52. The fraction of sp³-hybridized carbons (Fsp3) is 0.450. The minimum atomic E-state index is -0.430. The van der Waals surface area contributed by atoms with Crippen LogP contribution >= 0.6 is 0 Å². The van der Waals surface area contributed by atoms with E-state index in [9.17, 15) is 14.4 Å². The number of carbonyl (C=O) groups excluding carboxylic acids is 3. The van der Waals surface area contributed by atoms with Crippen LogP contribution in [0.5, 0.6) is 0 Å². The third kappa shape index (κ3) is 2.01. The Hall–Kier alpha value is -2.63. The van der Waals surface area contributed by atoms with Crippen LogP contribution < -0.4 is 10.3 Å². The molecule has 26 heavy (non-hydrogen) atoms. The maximum Gasteiger partial charge on any atom is 0.270 e. The Morgan fingerprint density at radius 1 is 1.00 bits per heavy atom. The van der Waals surface area contributed by atoms with Crippen molar-refractivity contribution in [2.24, 2.45) is 35.5 Å². The number of imide groups is 1. The van der Waals surface area contributed by atoms with Crippen LogP contribution in [0.15, 0.2) is 36.4 Å². The normalized spacial score (nSPS) is 36.0. The summed E-state index contributed by atoms with van der Waals surface area (Å²) in [4.78, 5) is 40.2. The molecule has 6 nitrogen and oxygen atoms in total. The minimum Gasteiger partial charge on any atom is -0.378 e. The number of allylic oxidation sites excluding steroid dienone is 2. The fourth-order valence-electron chi connectivity index (χ4n) is 5.14. The van der Waals surface area contributed by atoms with Crippen molar-refractivity contribution in [2.45, 2.75) is 6.42 Å². The molecule has 4 aliphatic carbocycles. The van der Waals surface area contributed by atoms with Crippen molar-refractivity contribution >= 4 is 23.4 Å². The Kier molecular flexibility index (Phi) is 3.12. The van der Waals surface area contributed by atoms with Gasteiger partial charge in [-0.05, 0) is 54.4 Å². The first kappa shape index (κ1) is 15.6. The summed E-state index contributed by atoms with van der Waals surface area (Å²) in [7, 11) is 3.84. The zero-order chi connectivity index (χ0) is 18.2. The Morgan fingerprint density at radius 2 is 1.54 bits per heavy atom. The van der Waals surface area contributed by atoms with Crippen molar-refractivity contribution in [1.29, 1.82) is 0 Å². The zero-order valence-electron chi connectivity index (χ0n) is 14.8. The van der Waals surface area contributed by atoms with Gasteiger partial charge < -0.3 is 4.90 Å². The van der Waals surface area contributed by atoms with Gasteiger partial charge in [0.2, 0.25) is 0 Å². The Bertz CT molecular complexity index is 808. The molecule has 0 radical (unpaired) electrons. The van der Waals surface area contributed by atoms with E-state index >= 15 is 0 Å². The number of amides is 3. The molecular weight excluding hydrogens is 330 g/mol. The van der Waals surface area contributed by atoms with Gasteiger partial charge in [-0.3, -0.25) is 19.8 Å². The Labute approximate surface area is 151 Å². The highest BCUT2D eigenvalue weighted by Gasteiger charge is 2.67. The number of carbonyl (C=O) groups is 3. The third-order valence-electron chi connectivity index (χ3n) is 6.52. The van der Waals surface area contributed by atoms with E-state index in [4.69, 9.17) is 0 Å². The molecule has 1 N–H and O–H groups in total. The molecule has 5 aliphatic rings. The van der Waals surface area contributed by atoms with Gasteiger partial charge in [0.1, 0.15) is 0 Å². The molecule has 1 aromatic carbocycles. The van der Waals surface area contributed by atoms with E-state index in [0.717, 1.165) is 17.1 Å². The molecular formula is C20H21N3O3. The maximum absolute atomic E-state index is 12.9. The van der Waals surface area contributed by atoms with Crippen LogP contribution in [0.25, 0.3) is 0 Å². The molecule has 2 saturated carbocycles. The molecule has 0 aromatic heterocycles. The van der Waals surface area contributed by atoms with E-state index in [1.165, 1.54) is 0 Å². The Balaban J connectivity index is 1.36. The Morgan fingerprint density at radius 3 is 2.04 bits per heavy atom. The number of hydrazine groups is 1. The summed E-state index contributed by atoms with van der Waals surface area (Å²) in [5.74, 6) is -0.0858. The summed E-state index contributed by atoms with van der Waals surface area (Å²) in [6, 6.07) is 7.06. The van der Waals surface area contributed by atoms with Crippen LogP contribution in [0.1, 0.15) is 16.8 Å². The summed E-state index contributed by atoms with van der Waals surface area (Å²) >= 11 is 0. The van der Waals surface area contributed by atoms with Crippen LogP contribution in [0.3, 0.4) is 0 Å². The van der Waals surface area contributed by atoms with Gasteiger partial charge in [0.05, 0.1) is 11.8 Å². The second kappa shape index (κ2) is 5.19. The molecule has 134 valence electrons. The molecule has 1 saturated heterocycles. The van der Waals surface area contributed by atoms with E-state index in [1.807, 2.05) is 31.1 Å². The average Bonchev–Trinajstić information content (AvgIpc) is 3.43. The molecule has 1 aromatic rings. The van der Waals surface area contributed by atoms with Crippen molar-refractivity contribution in [3.05, 3.63) is 42.0 Å². The van der Waals surface area contributed by atoms with Crippen LogP contribution in [-0.2, 0) is 9.59 Å². The van der Waals surface area contributed by atoms with Gasteiger partial charge in [-0.2, -0.15) is 5.01 Å².